The van der Waals surface area contributed by atoms with Gasteiger partial charge in [0.05, 0.1) is 37.6 Å². The zero-order valence-corrected chi connectivity index (χ0v) is 21.3. The van der Waals surface area contributed by atoms with Crippen molar-refractivity contribution in [2.24, 2.45) is 0 Å². The van der Waals surface area contributed by atoms with Gasteiger partial charge in [0.1, 0.15) is 12.4 Å². The lowest BCUT2D eigenvalue weighted by Crippen LogP contribution is -2.43. The number of morpholine rings is 2. The molecule has 5 rings (SSSR count). The maximum absolute atomic E-state index is 13.1. The molecule has 8 nitrogen and oxygen atoms in total. The Morgan fingerprint density at radius 1 is 0.974 bits per heavy atom. The number of hydrogen-bond donors (Lipinski definition) is 0. The molecule has 2 saturated heterocycles. The second-order valence-corrected chi connectivity index (χ2v) is 9.44. The van der Waals surface area contributed by atoms with Gasteiger partial charge in [0.2, 0.25) is 5.95 Å². The molecule has 2 aromatic carbocycles. The highest BCUT2D eigenvalue weighted by molar-refractivity contribution is 5.99. The molecule has 0 bridgehead atoms. The maximum Gasteiger partial charge on any atom is 0.416 e. The number of carbonyl (C=O) groups excluding carboxylic acids is 2. The second-order valence-electron chi connectivity index (χ2n) is 9.44. The number of aryl methyl sites for hydroxylation is 1. The lowest BCUT2D eigenvalue weighted by atomic mass is 9.96. The number of alkyl halides is 3. The van der Waals surface area contributed by atoms with Crippen LogP contribution in [0.1, 0.15) is 27.0 Å². The van der Waals surface area contributed by atoms with Gasteiger partial charge in [-0.25, -0.2) is 4.98 Å². The van der Waals surface area contributed by atoms with Crippen molar-refractivity contribution in [3.05, 3.63) is 70.8 Å². The first-order valence-electron chi connectivity index (χ1n) is 12.6. The van der Waals surface area contributed by atoms with Crippen LogP contribution in [-0.4, -0.2) is 67.7 Å². The molecular weight excluding hydrogens is 513 g/mol. The highest BCUT2D eigenvalue weighted by atomic mass is 19.4. The molecule has 0 aliphatic carbocycles. The Morgan fingerprint density at radius 3 is 2.49 bits per heavy atom. The van der Waals surface area contributed by atoms with Crippen molar-refractivity contribution >= 4 is 23.5 Å². The van der Waals surface area contributed by atoms with E-state index in [1.807, 2.05) is 11.8 Å². The first kappa shape index (κ1) is 26.8. The minimum absolute atomic E-state index is 0.0369. The van der Waals surface area contributed by atoms with E-state index in [0.717, 1.165) is 17.7 Å². The average Bonchev–Trinajstić information content (AvgIpc) is 2.93. The fourth-order valence-corrected chi connectivity index (χ4v) is 4.58. The topological polar surface area (TPSA) is 84.9 Å². The SMILES string of the molecule is Cc1ccc(C(=O)Cc2cccc(C(F)(F)F)c2)cc1-c1cc(N2CCOCC2=O)nc(N2CCOCC2)n1. The van der Waals surface area contributed by atoms with Gasteiger partial charge in [-0.3, -0.25) is 14.5 Å². The molecule has 1 aromatic heterocycles. The number of ether oxygens (including phenoxy) is 2. The number of anilines is 2. The van der Waals surface area contributed by atoms with Gasteiger partial charge >= 0.3 is 6.18 Å². The summed E-state index contributed by atoms with van der Waals surface area (Å²) in [5.41, 5.74) is 1.89. The monoisotopic (exact) mass is 540 g/mol. The maximum atomic E-state index is 13.1. The second kappa shape index (κ2) is 11.1. The largest absolute Gasteiger partial charge is 0.416 e. The van der Waals surface area contributed by atoms with Gasteiger partial charge in [-0.05, 0) is 30.2 Å². The van der Waals surface area contributed by atoms with Gasteiger partial charge in [0, 0.05) is 36.7 Å². The average molecular weight is 541 g/mol. The number of nitrogens with zero attached hydrogens (tertiary/aromatic N) is 4. The van der Waals surface area contributed by atoms with E-state index < -0.39 is 11.7 Å². The van der Waals surface area contributed by atoms with E-state index in [1.165, 1.54) is 12.1 Å². The Bertz CT molecular complexity index is 1390. The first-order chi connectivity index (χ1) is 18.7. The van der Waals surface area contributed by atoms with Crippen LogP contribution < -0.4 is 9.80 Å². The molecule has 3 aromatic rings. The molecule has 0 saturated carbocycles. The number of benzene rings is 2. The van der Waals surface area contributed by atoms with E-state index >= 15 is 0 Å². The summed E-state index contributed by atoms with van der Waals surface area (Å²) in [5, 5.41) is 0. The van der Waals surface area contributed by atoms with E-state index in [0.29, 0.717) is 68.0 Å². The smallest absolute Gasteiger partial charge is 0.378 e. The molecule has 0 radical (unpaired) electrons. The van der Waals surface area contributed by atoms with Crippen LogP contribution >= 0.6 is 0 Å². The van der Waals surface area contributed by atoms with E-state index in [-0.39, 0.29) is 30.3 Å². The number of carbonyl (C=O) groups is 2. The van der Waals surface area contributed by atoms with Crippen molar-refractivity contribution in [1.29, 1.82) is 0 Å². The van der Waals surface area contributed by atoms with Crippen molar-refractivity contribution in [1.82, 2.24) is 9.97 Å². The van der Waals surface area contributed by atoms with Crippen LogP contribution in [0.25, 0.3) is 11.3 Å². The highest BCUT2D eigenvalue weighted by Gasteiger charge is 2.30. The summed E-state index contributed by atoms with van der Waals surface area (Å²) in [6.07, 6.45) is -4.66. The van der Waals surface area contributed by atoms with E-state index in [2.05, 4.69) is 4.98 Å². The lowest BCUT2D eigenvalue weighted by molar-refractivity contribution is -0.137. The van der Waals surface area contributed by atoms with Crippen molar-refractivity contribution in [2.45, 2.75) is 19.5 Å². The van der Waals surface area contributed by atoms with Crippen molar-refractivity contribution in [2.75, 3.05) is 55.9 Å². The molecule has 0 N–H and O–H groups in total. The van der Waals surface area contributed by atoms with Crippen LogP contribution in [0.2, 0.25) is 0 Å². The van der Waals surface area contributed by atoms with Crippen LogP contribution in [0.5, 0.6) is 0 Å². The number of rotatable bonds is 6. The highest BCUT2D eigenvalue weighted by Crippen LogP contribution is 2.31. The van der Waals surface area contributed by atoms with Gasteiger partial charge in [-0.1, -0.05) is 30.3 Å². The number of aromatic nitrogens is 2. The van der Waals surface area contributed by atoms with Crippen LogP contribution in [0.4, 0.5) is 24.9 Å². The minimum Gasteiger partial charge on any atom is -0.378 e. The Hall–Kier alpha value is -3.83. The van der Waals surface area contributed by atoms with Crippen LogP contribution in [0.15, 0.2) is 48.5 Å². The van der Waals surface area contributed by atoms with Gasteiger partial charge in [0.15, 0.2) is 5.78 Å². The molecule has 0 spiro atoms. The third-order valence-electron chi connectivity index (χ3n) is 6.71. The van der Waals surface area contributed by atoms with E-state index in [9.17, 15) is 22.8 Å². The predicted octanol–water partition coefficient (Wildman–Crippen LogP) is 4.10. The lowest BCUT2D eigenvalue weighted by Gasteiger charge is -2.30. The zero-order valence-electron chi connectivity index (χ0n) is 21.3. The summed E-state index contributed by atoms with van der Waals surface area (Å²) in [5.74, 6) is 0.363. The quantitative estimate of drug-likeness (QED) is 0.436. The standard InChI is InChI=1S/C28H27F3N4O4/c1-18-5-6-20(24(36)14-19-3-2-4-21(13-19)28(29,30)31)15-22(18)23-16-25(35-9-12-39-17-26(35)37)33-27(32-23)34-7-10-38-11-8-34/h2-6,13,15-16H,7-12,14,17H2,1H3. The molecule has 3 heterocycles. The van der Waals surface area contributed by atoms with Gasteiger partial charge in [-0.15, -0.1) is 0 Å². The zero-order chi connectivity index (χ0) is 27.6. The Morgan fingerprint density at radius 2 is 1.74 bits per heavy atom. The molecule has 2 fully saturated rings. The van der Waals surface area contributed by atoms with Gasteiger partial charge < -0.3 is 14.4 Å². The van der Waals surface area contributed by atoms with Crippen LogP contribution in [0.3, 0.4) is 0 Å². The van der Waals surface area contributed by atoms with Crippen molar-refractivity contribution < 1.29 is 32.2 Å². The third-order valence-corrected chi connectivity index (χ3v) is 6.71. The molecule has 2 aliphatic rings. The summed E-state index contributed by atoms with van der Waals surface area (Å²) in [6, 6.07) is 11.6. The molecule has 11 heteroatoms. The molecule has 204 valence electrons. The summed E-state index contributed by atoms with van der Waals surface area (Å²) >= 11 is 0. The Labute approximate surface area is 223 Å². The number of amides is 1. The van der Waals surface area contributed by atoms with Crippen LogP contribution in [-0.2, 0) is 26.9 Å². The minimum atomic E-state index is -4.49. The normalized spacial score (nSPS) is 16.5. The molecule has 0 unspecified atom stereocenters. The Kier molecular flexibility index (Phi) is 7.62. The first-order valence-corrected chi connectivity index (χ1v) is 12.6. The fourth-order valence-electron chi connectivity index (χ4n) is 4.58. The Balaban J connectivity index is 1.50. The summed E-state index contributed by atoms with van der Waals surface area (Å²) in [6.45, 7) is 4.82. The predicted molar refractivity (Wildman–Crippen MR) is 138 cm³/mol. The summed E-state index contributed by atoms with van der Waals surface area (Å²) in [4.78, 5) is 38.7. The fraction of sp³-hybridized carbons (Fsp3) is 0.357. The molecule has 2 aliphatic heterocycles. The summed E-state index contributed by atoms with van der Waals surface area (Å²) in [7, 11) is 0. The number of halogens is 3. The van der Waals surface area contributed by atoms with Crippen molar-refractivity contribution in [3.63, 3.8) is 0 Å². The van der Waals surface area contributed by atoms with E-state index in [4.69, 9.17) is 14.5 Å². The molecule has 1 amide bonds. The number of hydrogen-bond acceptors (Lipinski definition) is 7. The molecular formula is C28H27F3N4O4. The molecule has 39 heavy (non-hydrogen) atoms. The van der Waals surface area contributed by atoms with Crippen molar-refractivity contribution in [3.8, 4) is 11.3 Å². The summed E-state index contributed by atoms with van der Waals surface area (Å²) < 4.78 is 50.1. The number of Topliss-reactive ketones (excluding diaryl/α,β-unsaturated/α-hetero) is 1. The van der Waals surface area contributed by atoms with E-state index in [1.54, 1.807) is 29.2 Å². The third kappa shape index (κ3) is 6.10. The van der Waals surface area contributed by atoms with Crippen LogP contribution in [0, 0.1) is 6.92 Å². The number of ketones is 1. The molecule has 0 atom stereocenters. The van der Waals surface area contributed by atoms with Gasteiger partial charge in [-0.2, -0.15) is 18.2 Å². The van der Waals surface area contributed by atoms with Gasteiger partial charge in [0.25, 0.3) is 5.91 Å².